The summed E-state index contributed by atoms with van der Waals surface area (Å²) in [6.45, 7) is 0. The van der Waals surface area contributed by atoms with Gasteiger partial charge < -0.3 is 0 Å². The Labute approximate surface area is 109 Å². The van der Waals surface area contributed by atoms with E-state index in [4.69, 9.17) is 16.9 Å². The maximum absolute atomic E-state index is 8.79. The first-order chi connectivity index (χ1) is 8.79. The molecule has 0 aliphatic carbocycles. The SMILES string of the molecule is N#Cc1ccc(-n2c(Cl)nc3ccccc32)cc1. The van der Waals surface area contributed by atoms with Crippen molar-refractivity contribution >= 4 is 22.6 Å². The van der Waals surface area contributed by atoms with Gasteiger partial charge in [-0.05, 0) is 48.0 Å². The quantitative estimate of drug-likeness (QED) is 0.665. The molecule has 0 radical (unpaired) electrons. The normalized spacial score (nSPS) is 10.4. The van der Waals surface area contributed by atoms with Gasteiger partial charge in [0.1, 0.15) is 0 Å². The number of benzene rings is 2. The van der Waals surface area contributed by atoms with Crippen LogP contribution in [0.25, 0.3) is 16.7 Å². The highest BCUT2D eigenvalue weighted by atomic mass is 35.5. The van der Waals surface area contributed by atoms with Crippen molar-refractivity contribution in [2.45, 2.75) is 0 Å². The van der Waals surface area contributed by atoms with E-state index in [0.717, 1.165) is 16.7 Å². The third kappa shape index (κ3) is 1.64. The molecule has 0 aliphatic rings. The number of rotatable bonds is 1. The van der Waals surface area contributed by atoms with Crippen molar-refractivity contribution in [3.05, 3.63) is 59.4 Å². The lowest BCUT2D eigenvalue weighted by atomic mass is 10.2. The van der Waals surface area contributed by atoms with Crippen LogP contribution in [0.2, 0.25) is 5.28 Å². The van der Waals surface area contributed by atoms with Crippen LogP contribution in [0.3, 0.4) is 0 Å². The minimum Gasteiger partial charge on any atom is -0.283 e. The Morgan fingerprint density at radius 1 is 1.06 bits per heavy atom. The smallest absolute Gasteiger partial charge is 0.208 e. The highest BCUT2D eigenvalue weighted by Crippen LogP contribution is 2.24. The first kappa shape index (κ1) is 10.8. The molecule has 3 rings (SSSR count). The number of para-hydroxylation sites is 2. The molecule has 1 heterocycles. The van der Waals surface area contributed by atoms with Gasteiger partial charge in [-0.15, -0.1) is 0 Å². The molecule has 4 heteroatoms. The molecule has 0 fully saturated rings. The molecule has 18 heavy (non-hydrogen) atoms. The van der Waals surface area contributed by atoms with E-state index in [9.17, 15) is 0 Å². The van der Waals surface area contributed by atoms with Gasteiger partial charge in [0.2, 0.25) is 5.28 Å². The van der Waals surface area contributed by atoms with E-state index < -0.39 is 0 Å². The van der Waals surface area contributed by atoms with Crippen LogP contribution in [0, 0.1) is 11.3 Å². The molecule has 3 aromatic rings. The number of fused-ring (bicyclic) bond motifs is 1. The maximum Gasteiger partial charge on any atom is 0.208 e. The number of nitriles is 1. The highest BCUT2D eigenvalue weighted by Gasteiger charge is 2.09. The molecule has 0 amide bonds. The van der Waals surface area contributed by atoms with Crippen molar-refractivity contribution in [2.75, 3.05) is 0 Å². The molecule has 1 aromatic heterocycles. The highest BCUT2D eigenvalue weighted by molar-refractivity contribution is 6.29. The molecule has 3 nitrogen and oxygen atoms in total. The van der Waals surface area contributed by atoms with E-state index in [1.807, 2.05) is 41.0 Å². The first-order valence-electron chi connectivity index (χ1n) is 5.43. The summed E-state index contributed by atoms with van der Waals surface area (Å²) >= 11 is 6.16. The average Bonchev–Trinajstić information content (AvgIpc) is 2.75. The summed E-state index contributed by atoms with van der Waals surface area (Å²) in [5.41, 5.74) is 3.33. The lowest BCUT2D eigenvalue weighted by Crippen LogP contribution is -1.93. The molecular weight excluding hydrogens is 246 g/mol. The molecule has 0 N–H and O–H groups in total. The zero-order chi connectivity index (χ0) is 12.5. The summed E-state index contributed by atoms with van der Waals surface area (Å²) in [5.74, 6) is 0. The van der Waals surface area contributed by atoms with E-state index in [2.05, 4.69) is 11.1 Å². The van der Waals surface area contributed by atoms with Crippen LogP contribution in [0.15, 0.2) is 48.5 Å². The van der Waals surface area contributed by atoms with E-state index in [0.29, 0.717) is 10.8 Å². The number of hydrogen-bond donors (Lipinski definition) is 0. The number of nitrogens with zero attached hydrogens (tertiary/aromatic N) is 3. The van der Waals surface area contributed by atoms with E-state index in [-0.39, 0.29) is 0 Å². The topological polar surface area (TPSA) is 41.6 Å². The molecule has 2 aromatic carbocycles. The van der Waals surface area contributed by atoms with Gasteiger partial charge in [0.15, 0.2) is 0 Å². The second-order valence-corrected chi connectivity index (χ2v) is 4.20. The summed E-state index contributed by atoms with van der Waals surface area (Å²) in [6.07, 6.45) is 0. The van der Waals surface area contributed by atoms with Crippen LogP contribution >= 0.6 is 11.6 Å². The summed E-state index contributed by atoms with van der Waals surface area (Å²) in [5, 5.41) is 9.21. The summed E-state index contributed by atoms with van der Waals surface area (Å²) in [6, 6.07) is 17.1. The average molecular weight is 254 g/mol. The number of imidazole rings is 1. The van der Waals surface area contributed by atoms with Gasteiger partial charge in [-0.25, -0.2) is 4.98 Å². The Bertz CT molecular complexity index is 751. The molecule has 0 aliphatic heterocycles. The largest absolute Gasteiger partial charge is 0.283 e. The molecule has 0 saturated carbocycles. The van der Waals surface area contributed by atoms with Crippen molar-refractivity contribution in [3.63, 3.8) is 0 Å². The second-order valence-electron chi connectivity index (χ2n) is 3.86. The lowest BCUT2D eigenvalue weighted by Gasteiger charge is -2.05. The van der Waals surface area contributed by atoms with E-state index in [1.165, 1.54) is 0 Å². The molecule has 86 valence electrons. The lowest BCUT2D eigenvalue weighted by molar-refractivity contribution is 1.09. The zero-order valence-corrected chi connectivity index (χ0v) is 10.1. The number of aromatic nitrogens is 2. The van der Waals surface area contributed by atoms with Crippen LogP contribution in [0.5, 0.6) is 0 Å². The minimum absolute atomic E-state index is 0.418. The van der Waals surface area contributed by atoms with Gasteiger partial charge in [-0.3, -0.25) is 4.57 Å². The summed E-state index contributed by atoms with van der Waals surface area (Å²) < 4.78 is 1.86. The molecule has 0 saturated heterocycles. The Morgan fingerprint density at radius 2 is 1.78 bits per heavy atom. The molecule has 0 atom stereocenters. The maximum atomic E-state index is 8.79. The third-order valence-electron chi connectivity index (χ3n) is 2.77. The van der Waals surface area contributed by atoms with Crippen molar-refractivity contribution < 1.29 is 0 Å². The van der Waals surface area contributed by atoms with Crippen molar-refractivity contribution in [1.82, 2.24) is 9.55 Å². The van der Waals surface area contributed by atoms with E-state index >= 15 is 0 Å². The standard InChI is InChI=1S/C14H8ClN3/c15-14-17-12-3-1-2-4-13(12)18(14)11-7-5-10(9-16)6-8-11/h1-8H. The molecular formula is C14H8ClN3. The third-order valence-corrected chi connectivity index (χ3v) is 3.03. The zero-order valence-electron chi connectivity index (χ0n) is 9.34. The van der Waals surface area contributed by atoms with Crippen molar-refractivity contribution in [3.8, 4) is 11.8 Å². The predicted molar refractivity (Wildman–Crippen MR) is 70.8 cm³/mol. The minimum atomic E-state index is 0.418. The van der Waals surface area contributed by atoms with Crippen LogP contribution in [0.4, 0.5) is 0 Å². The molecule has 0 unspecified atom stereocenters. The fourth-order valence-corrected chi connectivity index (χ4v) is 2.21. The van der Waals surface area contributed by atoms with Crippen LogP contribution < -0.4 is 0 Å². The van der Waals surface area contributed by atoms with Crippen LogP contribution in [0.1, 0.15) is 5.56 Å². The molecule has 0 bridgehead atoms. The van der Waals surface area contributed by atoms with Gasteiger partial charge in [0.25, 0.3) is 0 Å². The van der Waals surface area contributed by atoms with Gasteiger partial charge in [-0.2, -0.15) is 5.26 Å². The van der Waals surface area contributed by atoms with Crippen molar-refractivity contribution in [2.24, 2.45) is 0 Å². The van der Waals surface area contributed by atoms with Crippen LogP contribution in [-0.4, -0.2) is 9.55 Å². The first-order valence-corrected chi connectivity index (χ1v) is 5.81. The van der Waals surface area contributed by atoms with Crippen LogP contribution in [-0.2, 0) is 0 Å². The Kier molecular flexibility index (Phi) is 2.51. The summed E-state index contributed by atoms with van der Waals surface area (Å²) in [7, 11) is 0. The number of hydrogen-bond acceptors (Lipinski definition) is 2. The Hall–Kier alpha value is -2.31. The van der Waals surface area contributed by atoms with Crippen molar-refractivity contribution in [1.29, 1.82) is 5.26 Å². The van der Waals surface area contributed by atoms with Gasteiger partial charge in [0.05, 0.1) is 22.7 Å². The fourth-order valence-electron chi connectivity index (χ4n) is 1.93. The Balaban J connectivity index is 2.24. The predicted octanol–water partition coefficient (Wildman–Crippen LogP) is 3.55. The van der Waals surface area contributed by atoms with E-state index in [1.54, 1.807) is 12.1 Å². The fraction of sp³-hybridized carbons (Fsp3) is 0. The van der Waals surface area contributed by atoms with Gasteiger partial charge in [-0.1, -0.05) is 12.1 Å². The second kappa shape index (κ2) is 4.17. The van der Waals surface area contributed by atoms with Gasteiger partial charge in [0, 0.05) is 5.69 Å². The van der Waals surface area contributed by atoms with Gasteiger partial charge >= 0.3 is 0 Å². The molecule has 0 spiro atoms. The summed E-state index contributed by atoms with van der Waals surface area (Å²) in [4.78, 5) is 4.30. The number of halogens is 1. The monoisotopic (exact) mass is 253 g/mol. The Morgan fingerprint density at radius 3 is 2.50 bits per heavy atom.